The second kappa shape index (κ2) is 7.10. The van der Waals surface area contributed by atoms with Crippen LogP contribution in [0.4, 0.5) is 0 Å². The van der Waals surface area contributed by atoms with Crippen LogP contribution < -0.4 is 4.18 Å². The Morgan fingerprint density at radius 2 is 1.63 bits per heavy atom. The van der Waals surface area contributed by atoms with E-state index in [-0.39, 0.29) is 0 Å². The van der Waals surface area contributed by atoms with Crippen LogP contribution in [0.5, 0.6) is 5.75 Å². The molecule has 96 valence electrons. The molecule has 4 heteroatoms. The molecule has 0 radical (unpaired) electrons. The third-order valence-corrected chi connectivity index (χ3v) is 3.58. The van der Waals surface area contributed by atoms with Crippen LogP contribution in [0, 0.1) is 0 Å². The second-order valence-electron chi connectivity index (χ2n) is 3.60. The van der Waals surface area contributed by atoms with Gasteiger partial charge in [0.05, 0.1) is 9.89 Å². The van der Waals surface area contributed by atoms with Gasteiger partial charge in [-0.1, -0.05) is 54.3 Å². The molecule has 2 nitrogen and oxygen atoms in total. The van der Waals surface area contributed by atoms with Gasteiger partial charge in [0.1, 0.15) is 5.75 Å². The number of hydrogen-bond donors (Lipinski definition) is 0. The summed E-state index contributed by atoms with van der Waals surface area (Å²) >= 11 is 1.83. The van der Waals surface area contributed by atoms with Crippen LogP contribution >= 0.6 is 15.9 Å². The van der Waals surface area contributed by atoms with E-state index in [1.165, 1.54) is 5.41 Å². The van der Waals surface area contributed by atoms with Crippen LogP contribution in [0.25, 0.3) is 4.48 Å². The van der Waals surface area contributed by atoms with Gasteiger partial charge >= 0.3 is 0 Å². The summed E-state index contributed by atoms with van der Waals surface area (Å²) in [7, 11) is 0. The molecule has 0 saturated carbocycles. The van der Waals surface area contributed by atoms with Crippen LogP contribution in [0.1, 0.15) is 5.56 Å². The first-order chi connectivity index (χ1) is 9.25. The fourth-order valence-corrected chi connectivity index (χ4v) is 2.46. The van der Waals surface area contributed by atoms with Crippen LogP contribution in [0.3, 0.4) is 0 Å². The minimum Gasteiger partial charge on any atom is -0.397 e. The monoisotopic (exact) mass is 334 g/mol. The molecule has 0 spiro atoms. The Balaban J connectivity index is 2.08. The SMILES string of the molecule is O=S(C=C=C(Br)c1ccccc1)Oc1ccccc1. The van der Waals surface area contributed by atoms with E-state index in [4.69, 9.17) is 4.18 Å². The van der Waals surface area contributed by atoms with Crippen LogP contribution in [0.2, 0.25) is 0 Å². The van der Waals surface area contributed by atoms with Crippen molar-refractivity contribution < 1.29 is 8.39 Å². The molecule has 0 bridgehead atoms. The highest BCUT2D eigenvalue weighted by molar-refractivity contribution is 9.15. The van der Waals surface area contributed by atoms with E-state index in [1.54, 1.807) is 12.1 Å². The predicted molar refractivity (Wildman–Crippen MR) is 82.1 cm³/mol. The van der Waals surface area contributed by atoms with Crippen molar-refractivity contribution in [3.05, 3.63) is 77.4 Å². The van der Waals surface area contributed by atoms with E-state index in [9.17, 15) is 4.21 Å². The molecule has 0 aliphatic carbocycles. The van der Waals surface area contributed by atoms with E-state index in [2.05, 4.69) is 21.7 Å². The zero-order chi connectivity index (χ0) is 13.5. The van der Waals surface area contributed by atoms with Crippen molar-refractivity contribution in [2.24, 2.45) is 0 Å². The summed E-state index contributed by atoms with van der Waals surface area (Å²) in [6.07, 6.45) is 0. The third-order valence-electron chi connectivity index (χ3n) is 2.23. The minimum atomic E-state index is -1.55. The van der Waals surface area contributed by atoms with Gasteiger partial charge in [-0.15, -0.1) is 0 Å². The average molecular weight is 335 g/mol. The molecular formula is C15H11BrO2S. The molecular weight excluding hydrogens is 324 g/mol. The average Bonchev–Trinajstić information content (AvgIpc) is 2.47. The minimum absolute atomic E-state index is 0.565. The van der Waals surface area contributed by atoms with Crippen molar-refractivity contribution in [1.82, 2.24) is 0 Å². The lowest BCUT2D eigenvalue weighted by molar-refractivity contribution is 0.571. The van der Waals surface area contributed by atoms with Gasteiger partial charge in [0.2, 0.25) is 11.1 Å². The molecule has 0 fully saturated rings. The van der Waals surface area contributed by atoms with Gasteiger partial charge in [0, 0.05) is 0 Å². The molecule has 2 aromatic rings. The second-order valence-corrected chi connectivity index (χ2v) is 5.32. The molecule has 1 atom stereocenters. The Morgan fingerprint density at radius 1 is 1.05 bits per heavy atom. The lowest BCUT2D eigenvalue weighted by Gasteiger charge is -1.99. The first kappa shape index (κ1) is 13.8. The van der Waals surface area contributed by atoms with Gasteiger partial charge in [-0.2, -0.15) is 0 Å². The first-order valence-electron chi connectivity index (χ1n) is 5.57. The lowest BCUT2D eigenvalue weighted by atomic mass is 10.2. The molecule has 0 heterocycles. The molecule has 0 aliphatic rings. The van der Waals surface area contributed by atoms with Gasteiger partial charge < -0.3 is 4.18 Å². The summed E-state index contributed by atoms with van der Waals surface area (Å²) in [5, 5.41) is 1.38. The Bertz CT molecular complexity index is 617. The van der Waals surface area contributed by atoms with Crippen molar-refractivity contribution in [3.8, 4) is 5.75 Å². The summed E-state index contributed by atoms with van der Waals surface area (Å²) in [6.45, 7) is 0. The Hall–Kier alpha value is -1.61. The molecule has 2 aromatic carbocycles. The zero-order valence-corrected chi connectivity index (χ0v) is 12.4. The predicted octanol–water partition coefficient (Wildman–Crippen LogP) is 4.28. The van der Waals surface area contributed by atoms with Crippen LogP contribution in [-0.4, -0.2) is 4.21 Å². The summed E-state index contributed by atoms with van der Waals surface area (Å²) in [5.74, 6) is 0.565. The molecule has 2 rings (SSSR count). The van der Waals surface area contributed by atoms with Crippen molar-refractivity contribution in [1.29, 1.82) is 0 Å². The maximum atomic E-state index is 11.7. The molecule has 19 heavy (non-hydrogen) atoms. The largest absolute Gasteiger partial charge is 0.397 e. The highest BCUT2D eigenvalue weighted by atomic mass is 79.9. The van der Waals surface area contributed by atoms with Crippen molar-refractivity contribution in [2.45, 2.75) is 0 Å². The van der Waals surface area contributed by atoms with E-state index < -0.39 is 11.1 Å². The normalized spacial score (nSPS) is 11.2. The van der Waals surface area contributed by atoms with Gasteiger partial charge in [-0.25, -0.2) is 4.21 Å². The topological polar surface area (TPSA) is 26.3 Å². The van der Waals surface area contributed by atoms with E-state index in [1.807, 2.05) is 48.5 Å². The van der Waals surface area contributed by atoms with E-state index in [0.717, 1.165) is 10.0 Å². The standard InChI is InChI=1S/C15H11BrO2S/c16-15(13-7-3-1-4-8-13)11-12-19(17)18-14-9-5-2-6-10-14/h1-10,12H. The van der Waals surface area contributed by atoms with Gasteiger partial charge in [0.25, 0.3) is 0 Å². The summed E-state index contributed by atoms with van der Waals surface area (Å²) in [6, 6.07) is 18.7. The first-order valence-corrected chi connectivity index (χ1v) is 7.50. The fraction of sp³-hybridized carbons (Fsp3) is 0. The van der Waals surface area contributed by atoms with Crippen molar-refractivity contribution in [3.63, 3.8) is 0 Å². The quantitative estimate of drug-likeness (QED) is 0.780. The van der Waals surface area contributed by atoms with Crippen LogP contribution in [-0.2, 0) is 11.1 Å². The maximum Gasteiger partial charge on any atom is 0.241 e. The molecule has 0 N–H and O–H groups in total. The van der Waals surface area contributed by atoms with Crippen molar-refractivity contribution >= 4 is 31.5 Å². The van der Waals surface area contributed by atoms with Gasteiger partial charge in [0.15, 0.2) is 0 Å². The maximum absolute atomic E-state index is 11.7. The zero-order valence-electron chi connectivity index (χ0n) is 9.95. The highest BCUT2D eigenvalue weighted by Gasteiger charge is 1.98. The summed E-state index contributed by atoms with van der Waals surface area (Å²) in [5.41, 5.74) is 3.87. The smallest absolute Gasteiger partial charge is 0.241 e. The Morgan fingerprint density at radius 3 is 2.26 bits per heavy atom. The molecule has 1 unspecified atom stereocenters. The summed E-state index contributed by atoms with van der Waals surface area (Å²) in [4.78, 5) is 0. The van der Waals surface area contributed by atoms with Crippen molar-refractivity contribution in [2.75, 3.05) is 0 Å². The molecule has 0 aromatic heterocycles. The molecule has 0 amide bonds. The van der Waals surface area contributed by atoms with Gasteiger partial charge in [-0.05, 0) is 33.6 Å². The Labute approximate surface area is 123 Å². The van der Waals surface area contributed by atoms with Gasteiger partial charge in [-0.3, -0.25) is 0 Å². The molecule has 0 aliphatic heterocycles. The van der Waals surface area contributed by atoms with Crippen LogP contribution in [0.15, 0.2) is 71.8 Å². The number of rotatable bonds is 4. The molecule has 0 saturated heterocycles. The van der Waals surface area contributed by atoms with E-state index >= 15 is 0 Å². The third kappa shape index (κ3) is 4.52. The number of halogens is 1. The number of benzene rings is 2. The lowest BCUT2D eigenvalue weighted by Crippen LogP contribution is -1.94. The number of para-hydroxylation sites is 1. The highest BCUT2D eigenvalue weighted by Crippen LogP contribution is 2.19. The van der Waals surface area contributed by atoms with E-state index in [0.29, 0.717) is 5.75 Å². The fourth-order valence-electron chi connectivity index (χ4n) is 1.36. The summed E-state index contributed by atoms with van der Waals surface area (Å²) < 4.78 is 17.6. The Kier molecular flexibility index (Phi) is 5.16. The number of hydrogen-bond acceptors (Lipinski definition) is 2.